The van der Waals surface area contributed by atoms with Crippen molar-refractivity contribution >= 4 is 53.9 Å². The Bertz CT molecular complexity index is 983. The van der Waals surface area contributed by atoms with E-state index < -0.39 is 7.60 Å². The molecule has 1 atom stereocenters. The van der Waals surface area contributed by atoms with E-state index in [4.69, 9.17) is 9.05 Å². The third-order valence-electron chi connectivity index (χ3n) is 3.91. The van der Waals surface area contributed by atoms with Gasteiger partial charge in [-0.25, -0.2) is 0 Å². The standard InChI is InChI=1S/C20H17O3PSSe/c1-2-22-24(21)18-11-7-6-10-17(18)20(26-16-8-4-3-5-9-16)19(23-24)15-12-13-25-14-15/h3-14H,2H2,1H3. The van der Waals surface area contributed by atoms with E-state index in [1.54, 1.807) is 11.3 Å². The van der Waals surface area contributed by atoms with Crippen molar-refractivity contribution in [1.29, 1.82) is 0 Å². The Morgan fingerprint density at radius 3 is 2.58 bits per heavy atom. The summed E-state index contributed by atoms with van der Waals surface area (Å²) in [6, 6.07) is 20.1. The summed E-state index contributed by atoms with van der Waals surface area (Å²) in [7, 11) is -3.39. The number of fused-ring (bicyclic) bond motifs is 1. The Balaban J connectivity index is 1.92. The molecular formula is C20H17O3PSSe. The molecule has 1 aromatic heterocycles. The second-order valence-corrected chi connectivity index (χ2v) is 10.6. The molecule has 4 rings (SSSR count). The number of hydrogen-bond donors (Lipinski definition) is 0. The van der Waals surface area contributed by atoms with Crippen molar-refractivity contribution in [3.8, 4) is 0 Å². The molecule has 2 heterocycles. The molecule has 0 saturated carbocycles. The minimum absolute atomic E-state index is 0.0199. The van der Waals surface area contributed by atoms with E-state index in [2.05, 4.69) is 12.1 Å². The molecule has 0 radical (unpaired) electrons. The third kappa shape index (κ3) is 3.34. The first-order valence-corrected chi connectivity index (χ1v) is 12.4. The molecule has 0 saturated heterocycles. The Morgan fingerprint density at radius 1 is 1.08 bits per heavy atom. The van der Waals surface area contributed by atoms with E-state index in [0.29, 0.717) is 17.7 Å². The van der Waals surface area contributed by atoms with Crippen molar-refractivity contribution in [3.05, 3.63) is 82.6 Å². The number of rotatable bonds is 5. The van der Waals surface area contributed by atoms with Gasteiger partial charge in [0, 0.05) is 0 Å². The molecule has 132 valence electrons. The molecule has 2 aromatic carbocycles. The van der Waals surface area contributed by atoms with Crippen molar-refractivity contribution in [1.82, 2.24) is 0 Å². The van der Waals surface area contributed by atoms with Crippen LogP contribution in [0.4, 0.5) is 0 Å². The zero-order valence-corrected chi connectivity index (χ0v) is 17.5. The van der Waals surface area contributed by atoms with Crippen LogP contribution in [0.15, 0.2) is 71.4 Å². The van der Waals surface area contributed by atoms with E-state index in [1.807, 2.05) is 66.2 Å². The first-order chi connectivity index (χ1) is 12.7. The fraction of sp³-hybridized carbons (Fsp3) is 0.100. The normalized spacial score (nSPS) is 19.1. The molecule has 1 unspecified atom stereocenters. The van der Waals surface area contributed by atoms with Gasteiger partial charge in [-0.3, -0.25) is 0 Å². The molecule has 0 spiro atoms. The van der Waals surface area contributed by atoms with Crippen LogP contribution in [0.2, 0.25) is 0 Å². The fourth-order valence-electron chi connectivity index (χ4n) is 2.79. The molecule has 0 aliphatic carbocycles. The molecule has 3 nitrogen and oxygen atoms in total. The Hall–Kier alpha value is -1.61. The van der Waals surface area contributed by atoms with E-state index in [9.17, 15) is 4.57 Å². The van der Waals surface area contributed by atoms with Crippen LogP contribution < -0.4 is 9.77 Å². The average Bonchev–Trinajstić information content (AvgIpc) is 3.20. The van der Waals surface area contributed by atoms with Crippen molar-refractivity contribution in [3.63, 3.8) is 0 Å². The van der Waals surface area contributed by atoms with Crippen LogP contribution in [-0.4, -0.2) is 21.6 Å². The van der Waals surface area contributed by atoms with Crippen molar-refractivity contribution in [2.45, 2.75) is 6.92 Å². The maximum atomic E-state index is 13.5. The van der Waals surface area contributed by atoms with Crippen LogP contribution in [0.1, 0.15) is 18.1 Å². The van der Waals surface area contributed by atoms with Crippen LogP contribution in [0.25, 0.3) is 10.2 Å². The summed E-state index contributed by atoms with van der Waals surface area (Å²) in [4.78, 5) is 0. The summed E-state index contributed by atoms with van der Waals surface area (Å²) >= 11 is 1.62. The predicted molar refractivity (Wildman–Crippen MR) is 109 cm³/mol. The van der Waals surface area contributed by atoms with Crippen LogP contribution in [0.3, 0.4) is 0 Å². The average molecular weight is 447 g/mol. The Kier molecular flexibility index (Phi) is 5.17. The van der Waals surface area contributed by atoms with Gasteiger partial charge in [0.05, 0.1) is 0 Å². The van der Waals surface area contributed by atoms with Gasteiger partial charge >= 0.3 is 164 Å². The quantitative estimate of drug-likeness (QED) is 0.427. The Morgan fingerprint density at radius 2 is 1.85 bits per heavy atom. The van der Waals surface area contributed by atoms with Gasteiger partial charge in [-0.15, -0.1) is 0 Å². The van der Waals surface area contributed by atoms with Gasteiger partial charge in [-0.05, 0) is 0 Å². The maximum absolute atomic E-state index is 13.5. The van der Waals surface area contributed by atoms with Gasteiger partial charge in [0.25, 0.3) is 0 Å². The van der Waals surface area contributed by atoms with E-state index in [1.165, 1.54) is 4.46 Å². The van der Waals surface area contributed by atoms with Crippen LogP contribution in [0.5, 0.6) is 0 Å². The SMILES string of the molecule is CCOP1(=O)OC(c2ccsc2)=C([Se]c2ccccc2)c2ccccc21. The number of thiophene rings is 1. The van der Waals surface area contributed by atoms with E-state index in [-0.39, 0.29) is 15.0 Å². The summed E-state index contributed by atoms with van der Waals surface area (Å²) in [5, 5.41) is 4.69. The summed E-state index contributed by atoms with van der Waals surface area (Å²) in [5.41, 5.74) is 1.93. The summed E-state index contributed by atoms with van der Waals surface area (Å²) in [6.45, 7) is 2.17. The monoisotopic (exact) mass is 448 g/mol. The van der Waals surface area contributed by atoms with Gasteiger partial charge in [0.1, 0.15) is 0 Å². The zero-order valence-electron chi connectivity index (χ0n) is 14.1. The zero-order chi connectivity index (χ0) is 18.0. The van der Waals surface area contributed by atoms with Crippen molar-refractivity contribution in [2.24, 2.45) is 0 Å². The molecule has 0 bridgehead atoms. The predicted octanol–water partition coefficient (Wildman–Crippen LogP) is 4.49. The first-order valence-electron chi connectivity index (χ1n) is 8.25. The summed E-state index contributed by atoms with van der Waals surface area (Å²) < 4.78 is 27.6. The molecule has 0 N–H and O–H groups in total. The van der Waals surface area contributed by atoms with Gasteiger partial charge in [0.15, 0.2) is 0 Å². The summed E-state index contributed by atoms with van der Waals surface area (Å²) in [6.07, 6.45) is 0. The first kappa shape index (κ1) is 17.8. The molecule has 1 aliphatic heterocycles. The van der Waals surface area contributed by atoms with Gasteiger partial charge in [-0.1, -0.05) is 0 Å². The minimum atomic E-state index is -3.39. The third-order valence-corrected chi connectivity index (χ3v) is 8.94. The van der Waals surface area contributed by atoms with Gasteiger partial charge < -0.3 is 0 Å². The summed E-state index contributed by atoms with van der Waals surface area (Å²) in [5.74, 6) is 0.686. The molecule has 0 amide bonds. The molecule has 26 heavy (non-hydrogen) atoms. The van der Waals surface area contributed by atoms with Gasteiger partial charge in [0.2, 0.25) is 0 Å². The topological polar surface area (TPSA) is 35.5 Å². The van der Waals surface area contributed by atoms with Crippen molar-refractivity contribution in [2.75, 3.05) is 6.61 Å². The molecule has 6 heteroatoms. The number of hydrogen-bond acceptors (Lipinski definition) is 4. The van der Waals surface area contributed by atoms with Crippen LogP contribution in [0, 0.1) is 0 Å². The molecule has 1 aliphatic rings. The van der Waals surface area contributed by atoms with E-state index in [0.717, 1.165) is 15.6 Å². The van der Waals surface area contributed by atoms with E-state index >= 15 is 0 Å². The van der Waals surface area contributed by atoms with Crippen LogP contribution >= 0.6 is 18.9 Å². The number of benzene rings is 2. The second-order valence-electron chi connectivity index (χ2n) is 5.61. The molecular weight excluding hydrogens is 430 g/mol. The Labute approximate surface area is 163 Å². The van der Waals surface area contributed by atoms with Crippen LogP contribution in [-0.2, 0) is 13.6 Å². The van der Waals surface area contributed by atoms with Crippen molar-refractivity contribution < 1.29 is 13.6 Å². The molecule has 3 aromatic rings. The molecule has 0 fully saturated rings. The second kappa shape index (κ2) is 7.56. The fourth-order valence-corrected chi connectivity index (χ4v) is 7.79. The van der Waals surface area contributed by atoms with Gasteiger partial charge in [-0.2, -0.15) is 0 Å².